The Bertz CT molecular complexity index is 1400. The second-order valence-corrected chi connectivity index (χ2v) is 11.7. The van der Waals surface area contributed by atoms with Gasteiger partial charge in [-0.3, -0.25) is 4.79 Å². The number of nitrogens with zero attached hydrogens (tertiary/aromatic N) is 4. The number of anilines is 1. The minimum Gasteiger partial charge on any atom is -0.379 e. The molecule has 0 unspecified atom stereocenters. The summed E-state index contributed by atoms with van der Waals surface area (Å²) < 4.78 is 35.0. The van der Waals surface area contributed by atoms with Gasteiger partial charge < -0.3 is 19.4 Å². The van der Waals surface area contributed by atoms with Gasteiger partial charge >= 0.3 is 0 Å². The van der Waals surface area contributed by atoms with Gasteiger partial charge in [0.2, 0.25) is 5.91 Å². The number of ether oxygens (including phenoxy) is 1. The van der Waals surface area contributed by atoms with E-state index in [0.29, 0.717) is 36.8 Å². The minimum absolute atomic E-state index is 0.0603. The van der Waals surface area contributed by atoms with Crippen LogP contribution in [0.15, 0.2) is 53.1 Å². The topological polar surface area (TPSA) is 48.4 Å². The van der Waals surface area contributed by atoms with Crippen LogP contribution in [0.5, 0.6) is 0 Å². The highest BCUT2D eigenvalue weighted by molar-refractivity contribution is 7.99. The van der Waals surface area contributed by atoms with Gasteiger partial charge in [-0.05, 0) is 44.5 Å². The number of piperazine rings is 1. The number of thioether (sulfide) groups is 1. The third-order valence-corrected chi connectivity index (χ3v) is 9.08. The summed E-state index contributed by atoms with van der Waals surface area (Å²) in [5, 5.41) is -0.137. The zero-order valence-electron chi connectivity index (χ0n) is 22.4. The number of rotatable bonds is 3. The summed E-state index contributed by atoms with van der Waals surface area (Å²) in [5.74, 6) is 0.386. The number of hydrogen-bond acceptors (Lipinski definition) is 6. The summed E-state index contributed by atoms with van der Waals surface area (Å²) >= 11 is 7.69. The van der Waals surface area contributed by atoms with Gasteiger partial charge in [0.05, 0.1) is 23.4 Å². The molecule has 6 nitrogen and oxygen atoms in total. The molecule has 1 amide bonds. The van der Waals surface area contributed by atoms with Crippen molar-refractivity contribution in [3.05, 3.63) is 71.0 Å². The lowest BCUT2D eigenvalue weighted by Crippen LogP contribution is -2.60. The SMILES string of the molecule is C=CC(=O)N1[C@H](C)CN(C2=NC(=C)N3C[C@H](OC)CSc4c(-c5cc(Cl)c(F)cc5F)c(C)cc2c43)C[C@@H]1C. The molecule has 0 aromatic heterocycles. The van der Waals surface area contributed by atoms with Crippen LogP contribution in [0, 0.1) is 18.6 Å². The molecular formula is C29H31ClF2N4O2S. The molecule has 2 aromatic rings. The maximum atomic E-state index is 15.2. The average molecular weight is 573 g/mol. The number of methoxy groups -OCH3 is 1. The number of carbonyl (C=O) groups is 1. The van der Waals surface area contributed by atoms with E-state index >= 15 is 4.39 Å². The van der Waals surface area contributed by atoms with Gasteiger partial charge in [-0.25, -0.2) is 13.8 Å². The normalized spacial score (nSPS) is 22.8. The largest absolute Gasteiger partial charge is 0.379 e. The lowest BCUT2D eigenvalue weighted by molar-refractivity contribution is -0.132. The summed E-state index contributed by atoms with van der Waals surface area (Å²) in [5.41, 5.74) is 3.50. The number of hydrogen-bond donors (Lipinski definition) is 0. The zero-order valence-corrected chi connectivity index (χ0v) is 24.0. The summed E-state index contributed by atoms with van der Waals surface area (Å²) in [6.45, 7) is 15.6. The molecule has 3 aliphatic heterocycles. The first kappa shape index (κ1) is 27.7. The third-order valence-electron chi connectivity index (χ3n) is 7.57. The van der Waals surface area contributed by atoms with Crippen LogP contribution < -0.4 is 4.90 Å². The molecule has 39 heavy (non-hydrogen) atoms. The van der Waals surface area contributed by atoms with Crippen LogP contribution in [0.4, 0.5) is 14.5 Å². The number of amides is 1. The average Bonchev–Trinajstić information content (AvgIpc) is 3.08. The molecule has 206 valence electrons. The van der Waals surface area contributed by atoms with Crippen molar-refractivity contribution in [1.29, 1.82) is 0 Å². The molecule has 0 spiro atoms. The van der Waals surface area contributed by atoms with Gasteiger partial charge in [0.25, 0.3) is 0 Å². The molecular weight excluding hydrogens is 542 g/mol. The summed E-state index contributed by atoms with van der Waals surface area (Å²) in [4.78, 5) is 24.4. The molecule has 0 bridgehead atoms. The number of carbonyl (C=O) groups excluding carboxylic acids is 1. The molecule has 0 saturated carbocycles. The van der Waals surface area contributed by atoms with Crippen LogP contribution >= 0.6 is 23.4 Å². The standard InChI is InChI=1S/C29H31ClF2N4O2S/c1-7-25(37)36-16(3)11-34(12-17(36)4)29-21-8-15(2)26(20-9-22(30)24(32)10-23(20)31)28-27(21)35(18(5)33-29)13-19(38-6)14-39-28/h7-10,16-17,19H,1,5,11-14H2,2-4,6H3/t16-,17+,19-/m0/s1. The third kappa shape index (κ3) is 4.74. The molecule has 1 saturated heterocycles. The van der Waals surface area contributed by atoms with Crippen LogP contribution in [0.25, 0.3) is 11.1 Å². The predicted molar refractivity (Wildman–Crippen MR) is 154 cm³/mol. The van der Waals surface area contributed by atoms with E-state index < -0.39 is 11.6 Å². The highest BCUT2D eigenvalue weighted by Gasteiger charge is 2.39. The first-order valence-corrected chi connectivity index (χ1v) is 14.1. The van der Waals surface area contributed by atoms with Crippen LogP contribution in [0.1, 0.15) is 25.0 Å². The van der Waals surface area contributed by atoms with E-state index in [0.717, 1.165) is 33.6 Å². The van der Waals surface area contributed by atoms with Gasteiger partial charge in [-0.2, -0.15) is 0 Å². The lowest BCUT2D eigenvalue weighted by Gasteiger charge is -2.46. The molecule has 3 atom stereocenters. The quantitative estimate of drug-likeness (QED) is 0.341. The van der Waals surface area contributed by atoms with Gasteiger partial charge in [0.15, 0.2) is 0 Å². The fourth-order valence-corrected chi connectivity index (χ4v) is 7.35. The number of halogens is 3. The van der Waals surface area contributed by atoms with E-state index in [1.54, 1.807) is 18.9 Å². The van der Waals surface area contributed by atoms with Crippen LogP contribution in [0.3, 0.4) is 0 Å². The molecule has 0 radical (unpaired) electrons. The zero-order chi connectivity index (χ0) is 28.2. The molecule has 2 aromatic carbocycles. The number of aliphatic imine (C=N–C) groups is 1. The maximum absolute atomic E-state index is 15.2. The summed E-state index contributed by atoms with van der Waals surface area (Å²) in [6.07, 6.45) is 1.24. The minimum atomic E-state index is -0.798. The van der Waals surface area contributed by atoms with E-state index in [1.165, 1.54) is 12.1 Å². The molecule has 0 N–H and O–H groups in total. The molecule has 3 aliphatic rings. The number of amidine groups is 1. The van der Waals surface area contributed by atoms with E-state index in [4.69, 9.17) is 21.3 Å². The van der Waals surface area contributed by atoms with E-state index in [-0.39, 0.29) is 34.7 Å². The number of aryl methyl sites for hydroxylation is 1. The second-order valence-electron chi connectivity index (χ2n) is 10.2. The number of benzene rings is 2. The van der Waals surface area contributed by atoms with Crippen molar-refractivity contribution in [3.8, 4) is 11.1 Å². The molecule has 10 heteroatoms. The van der Waals surface area contributed by atoms with Crippen LogP contribution in [-0.2, 0) is 9.53 Å². The summed E-state index contributed by atoms with van der Waals surface area (Å²) in [6, 6.07) is 4.07. The van der Waals surface area contributed by atoms with Gasteiger partial charge in [-0.15, -0.1) is 11.8 Å². The van der Waals surface area contributed by atoms with E-state index in [2.05, 4.69) is 18.1 Å². The second kappa shape index (κ2) is 10.6. The lowest BCUT2D eigenvalue weighted by atomic mass is 9.93. The predicted octanol–water partition coefficient (Wildman–Crippen LogP) is 5.86. The Morgan fingerprint density at radius 1 is 1.15 bits per heavy atom. The van der Waals surface area contributed by atoms with Crippen molar-refractivity contribution < 1.29 is 18.3 Å². The highest BCUT2D eigenvalue weighted by atomic mass is 35.5. The van der Waals surface area contributed by atoms with Crippen molar-refractivity contribution in [2.24, 2.45) is 4.99 Å². The summed E-state index contributed by atoms with van der Waals surface area (Å²) in [7, 11) is 1.67. The van der Waals surface area contributed by atoms with Crippen molar-refractivity contribution in [3.63, 3.8) is 0 Å². The van der Waals surface area contributed by atoms with E-state index in [1.807, 2.05) is 36.6 Å². The highest BCUT2D eigenvalue weighted by Crippen LogP contribution is 2.49. The van der Waals surface area contributed by atoms with E-state index in [9.17, 15) is 9.18 Å². The Labute approximate surface area is 237 Å². The van der Waals surface area contributed by atoms with Gasteiger partial charge in [-0.1, -0.05) is 24.8 Å². The Morgan fingerprint density at radius 3 is 2.49 bits per heavy atom. The van der Waals surface area contributed by atoms with Gasteiger partial charge in [0.1, 0.15) is 23.3 Å². The van der Waals surface area contributed by atoms with Gasteiger partial charge in [0, 0.05) is 65.7 Å². The molecule has 1 fully saturated rings. The Hall–Kier alpha value is -2.88. The monoisotopic (exact) mass is 572 g/mol. The maximum Gasteiger partial charge on any atom is 0.246 e. The van der Waals surface area contributed by atoms with Crippen molar-refractivity contribution in [1.82, 2.24) is 9.80 Å². The Morgan fingerprint density at radius 2 is 1.85 bits per heavy atom. The fourth-order valence-electron chi connectivity index (χ4n) is 5.83. The van der Waals surface area contributed by atoms with Crippen molar-refractivity contribution >= 4 is 40.8 Å². The molecule has 0 aliphatic carbocycles. The first-order chi connectivity index (χ1) is 18.5. The smallest absolute Gasteiger partial charge is 0.246 e. The fraction of sp³-hybridized carbons (Fsp3) is 0.379. The van der Waals surface area contributed by atoms with Crippen molar-refractivity contribution in [2.75, 3.05) is 37.4 Å². The Kier molecular flexibility index (Phi) is 7.52. The first-order valence-electron chi connectivity index (χ1n) is 12.8. The van der Waals surface area contributed by atoms with Crippen LogP contribution in [0.2, 0.25) is 5.02 Å². The molecule has 3 heterocycles. The van der Waals surface area contributed by atoms with Crippen molar-refractivity contribution in [2.45, 2.75) is 43.9 Å². The Balaban J connectivity index is 1.68. The molecule has 5 rings (SSSR count). The van der Waals surface area contributed by atoms with Crippen LogP contribution in [-0.4, -0.2) is 72.2 Å².